The van der Waals surface area contributed by atoms with E-state index < -0.39 is 17.8 Å². The van der Waals surface area contributed by atoms with Crippen molar-refractivity contribution < 1.29 is 14.7 Å². The van der Waals surface area contributed by atoms with Crippen LogP contribution in [0.3, 0.4) is 0 Å². The molecular formula is C18H23NO3. The smallest absolute Gasteiger partial charge is 0.307 e. The summed E-state index contributed by atoms with van der Waals surface area (Å²) >= 11 is 0. The van der Waals surface area contributed by atoms with Crippen molar-refractivity contribution >= 4 is 17.6 Å². The van der Waals surface area contributed by atoms with Crippen LogP contribution in [0.1, 0.15) is 39.2 Å². The average Bonchev–Trinajstić information content (AvgIpc) is 2.49. The van der Waals surface area contributed by atoms with Crippen molar-refractivity contribution in [3.63, 3.8) is 0 Å². The van der Waals surface area contributed by atoms with Crippen LogP contribution >= 0.6 is 0 Å². The number of anilines is 1. The largest absolute Gasteiger partial charge is 0.481 e. The second-order valence-electron chi connectivity index (χ2n) is 6.02. The molecule has 0 saturated heterocycles. The summed E-state index contributed by atoms with van der Waals surface area (Å²) in [6.45, 7) is 5.96. The van der Waals surface area contributed by atoms with Crippen molar-refractivity contribution in [1.82, 2.24) is 0 Å². The summed E-state index contributed by atoms with van der Waals surface area (Å²) in [5, 5.41) is 12.4. The number of hydrogen-bond donors (Lipinski definition) is 2. The third-order valence-corrected chi connectivity index (χ3v) is 4.58. The van der Waals surface area contributed by atoms with Crippen LogP contribution in [0, 0.1) is 11.8 Å². The Balaban J connectivity index is 2.22. The first-order valence-corrected chi connectivity index (χ1v) is 7.70. The summed E-state index contributed by atoms with van der Waals surface area (Å²) in [5.41, 5.74) is 4.05. The molecule has 1 aliphatic carbocycles. The van der Waals surface area contributed by atoms with Gasteiger partial charge in [0.1, 0.15) is 0 Å². The minimum Gasteiger partial charge on any atom is -0.481 e. The van der Waals surface area contributed by atoms with Crippen LogP contribution in [0.15, 0.2) is 35.4 Å². The second-order valence-corrected chi connectivity index (χ2v) is 6.02. The van der Waals surface area contributed by atoms with Gasteiger partial charge >= 0.3 is 5.97 Å². The summed E-state index contributed by atoms with van der Waals surface area (Å²) in [6, 6.07) is 7.65. The van der Waals surface area contributed by atoms with Crippen LogP contribution in [-0.2, 0) is 16.0 Å². The topological polar surface area (TPSA) is 66.4 Å². The van der Waals surface area contributed by atoms with E-state index in [1.807, 2.05) is 45.0 Å². The molecule has 0 unspecified atom stereocenters. The van der Waals surface area contributed by atoms with Crippen LogP contribution in [0.2, 0.25) is 0 Å². The maximum absolute atomic E-state index is 12.6. The van der Waals surface area contributed by atoms with E-state index in [-0.39, 0.29) is 5.91 Å². The van der Waals surface area contributed by atoms with Gasteiger partial charge in [0, 0.05) is 5.69 Å². The van der Waals surface area contributed by atoms with Crippen molar-refractivity contribution in [3.05, 3.63) is 41.0 Å². The van der Waals surface area contributed by atoms with Gasteiger partial charge in [0.2, 0.25) is 5.91 Å². The molecule has 0 fully saturated rings. The predicted molar refractivity (Wildman–Crippen MR) is 86.7 cm³/mol. The number of allylic oxidation sites excluding steroid dienone is 2. The standard InChI is InChI=1S/C18H23NO3/c1-4-13-7-5-6-8-16(13)19-17(20)14-9-11(2)12(3)10-15(14)18(21)22/h5-8,14-15H,4,9-10H2,1-3H3,(H,19,20)(H,21,22)/t14-,15+/m0/s1. The van der Waals surface area contributed by atoms with Gasteiger partial charge in [-0.05, 0) is 44.7 Å². The van der Waals surface area contributed by atoms with E-state index in [0.717, 1.165) is 28.8 Å². The number of nitrogens with one attached hydrogen (secondary N) is 1. The number of carboxylic acid groups (broad SMARTS) is 1. The van der Waals surface area contributed by atoms with Gasteiger partial charge in [0.15, 0.2) is 0 Å². The Morgan fingerprint density at radius 2 is 1.73 bits per heavy atom. The van der Waals surface area contributed by atoms with Crippen LogP contribution in [-0.4, -0.2) is 17.0 Å². The minimum absolute atomic E-state index is 0.194. The van der Waals surface area contributed by atoms with E-state index in [1.165, 1.54) is 0 Å². The lowest BCUT2D eigenvalue weighted by molar-refractivity contribution is -0.146. The summed E-state index contributed by atoms with van der Waals surface area (Å²) in [5.74, 6) is -2.24. The quantitative estimate of drug-likeness (QED) is 0.834. The molecule has 0 heterocycles. The van der Waals surface area contributed by atoms with Crippen LogP contribution in [0.25, 0.3) is 0 Å². The minimum atomic E-state index is -0.893. The maximum atomic E-state index is 12.6. The SMILES string of the molecule is CCc1ccccc1NC(=O)[C@H]1CC(C)=C(C)C[C@H]1C(=O)O. The van der Waals surface area contributed by atoms with E-state index in [4.69, 9.17) is 0 Å². The van der Waals surface area contributed by atoms with Crippen molar-refractivity contribution in [2.45, 2.75) is 40.0 Å². The summed E-state index contributed by atoms with van der Waals surface area (Å²) < 4.78 is 0. The van der Waals surface area contributed by atoms with E-state index >= 15 is 0 Å². The number of carboxylic acids is 1. The number of amides is 1. The van der Waals surface area contributed by atoms with Gasteiger partial charge in [-0.1, -0.05) is 36.3 Å². The molecule has 1 amide bonds. The molecule has 0 aliphatic heterocycles. The molecule has 2 rings (SSSR count). The fourth-order valence-electron chi connectivity index (χ4n) is 3.00. The molecule has 0 spiro atoms. The van der Waals surface area contributed by atoms with Crippen molar-refractivity contribution in [1.29, 1.82) is 0 Å². The first-order valence-electron chi connectivity index (χ1n) is 7.70. The van der Waals surface area contributed by atoms with Gasteiger partial charge in [-0.15, -0.1) is 0 Å². The number of para-hydroxylation sites is 1. The predicted octanol–water partition coefficient (Wildman–Crippen LogP) is 3.63. The van der Waals surface area contributed by atoms with E-state index in [1.54, 1.807) is 0 Å². The van der Waals surface area contributed by atoms with Crippen LogP contribution in [0.4, 0.5) is 5.69 Å². The average molecular weight is 301 g/mol. The molecule has 118 valence electrons. The van der Waals surface area contributed by atoms with Gasteiger partial charge in [-0.3, -0.25) is 9.59 Å². The molecule has 2 atom stereocenters. The number of hydrogen-bond acceptors (Lipinski definition) is 2. The van der Waals surface area contributed by atoms with Crippen molar-refractivity contribution in [2.75, 3.05) is 5.32 Å². The first kappa shape index (κ1) is 16.3. The van der Waals surface area contributed by atoms with Gasteiger partial charge < -0.3 is 10.4 Å². The number of carbonyl (C=O) groups is 2. The Hall–Kier alpha value is -2.10. The van der Waals surface area contributed by atoms with E-state index in [2.05, 4.69) is 5.32 Å². The highest BCUT2D eigenvalue weighted by Crippen LogP contribution is 2.35. The molecule has 0 aromatic heterocycles. The third kappa shape index (κ3) is 3.38. The van der Waals surface area contributed by atoms with Gasteiger partial charge in [0.05, 0.1) is 11.8 Å². The molecule has 0 radical (unpaired) electrons. The maximum Gasteiger partial charge on any atom is 0.307 e. The number of rotatable bonds is 4. The normalized spacial score (nSPS) is 21.6. The summed E-state index contributed by atoms with van der Waals surface area (Å²) in [7, 11) is 0. The fourth-order valence-corrected chi connectivity index (χ4v) is 3.00. The molecule has 1 aromatic rings. The Labute approximate surface area is 131 Å². The molecule has 1 aliphatic rings. The lowest BCUT2D eigenvalue weighted by Gasteiger charge is -2.29. The van der Waals surface area contributed by atoms with Crippen LogP contribution < -0.4 is 5.32 Å². The number of aliphatic carboxylic acids is 1. The molecule has 2 N–H and O–H groups in total. The molecule has 4 nitrogen and oxygen atoms in total. The van der Waals surface area contributed by atoms with Gasteiger partial charge in [0.25, 0.3) is 0 Å². The van der Waals surface area contributed by atoms with E-state index in [0.29, 0.717) is 12.8 Å². The third-order valence-electron chi connectivity index (χ3n) is 4.58. The summed E-state index contributed by atoms with van der Waals surface area (Å²) in [6.07, 6.45) is 1.79. The van der Waals surface area contributed by atoms with Crippen molar-refractivity contribution in [2.24, 2.45) is 11.8 Å². The Morgan fingerprint density at radius 3 is 2.32 bits per heavy atom. The highest BCUT2D eigenvalue weighted by molar-refractivity contribution is 5.96. The fraction of sp³-hybridized carbons (Fsp3) is 0.444. The second kappa shape index (κ2) is 6.77. The zero-order valence-corrected chi connectivity index (χ0v) is 13.3. The lowest BCUT2D eigenvalue weighted by Crippen LogP contribution is -2.36. The lowest BCUT2D eigenvalue weighted by atomic mass is 9.76. The highest BCUT2D eigenvalue weighted by Gasteiger charge is 2.37. The Morgan fingerprint density at radius 1 is 1.14 bits per heavy atom. The monoisotopic (exact) mass is 301 g/mol. The summed E-state index contributed by atoms with van der Waals surface area (Å²) in [4.78, 5) is 24.1. The highest BCUT2D eigenvalue weighted by atomic mass is 16.4. The molecule has 0 bridgehead atoms. The molecule has 4 heteroatoms. The number of carbonyl (C=O) groups excluding carboxylic acids is 1. The zero-order valence-electron chi connectivity index (χ0n) is 13.3. The number of aryl methyl sites for hydroxylation is 1. The Bertz CT molecular complexity index is 619. The zero-order chi connectivity index (χ0) is 16.3. The number of benzene rings is 1. The van der Waals surface area contributed by atoms with E-state index in [9.17, 15) is 14.7 Å². The first-order chi connectivity index (χ1) is 10.4. The molecule has 1 aromatic carbocycles. The molecular weight excluding hydrogens is 278 g/mol. The Kier molecular flexibility index (Phi) is 5.01. The molecule has 22 heavy (non-hydrogen) atoms. The van der Waals surface area contributed by atoms with Gasteiger partial charge in [-0.25, -0.2) is 0 Å². The van der Waals surface area contributed by atoms with Crippen LogP contribution in [0.5, 0.6) is 0 Å². The molecule has 0 saturated carbocycles. The van der Waals surface area contributed by atoms with Gasteiger partial charge in [-0.2, -0.15) is 0 Å². The van der Waals surface area contributed by atoms with Crippen molar-refractivity contribution in [3.8, 4) is 0 Å².